The number of ether oxygens (including phenoxy) is 1. The van der Waals surface area contributed by atoms with E-state index in [1.165, 1.54) is 0 Å². The average Bonchev–Trinajstić information content (AvgIpc) is 2.86. The molecule has 2 heterocycles. The van der Waals surface area contributed by atoms with Crippen LogP contribution in [-0.4, -0.2) is 27.8 Å². The predicted octanol–water partition coefficient (Wildman–Crippen LogP) is 1.86. The van der Waals surface area contributed by atoms with Gasteiger partial charge in [0.15, 0.2) is 5.82 Å². The highest BCUT2D eigenvalue weighted by Gasteiger charge is 2.17. The van der Waals surface area contributed by atoms with Crippen molar-refractivity contribution < 1.29 is 9.26 Å². The van der Waals surface area contributed by atoms with E-state index in [0.29, 0.717) is 18.3 Å². The fourth-order valence-corrected chi connectivity index (χ4v) is 1.58. The number of aryl methyl sites for hydroxylation is 1. The van der Waals surface area contributed by atoms with Gasteiger partial charge >= 0.3 is 0 Å². The van der Waals surface area contributed by atoms with E-state index in [4.69, 9.17) is 15.0 Å². The van der Waals surface area contributed by atoms with Gasteiger partial charge in [-0.25, -0.2) is 0 Å². The summed E-state index contributed by atoms with van der Waals surface area (Å²) in [7, 11) is 0. The van der Waals surface area contributed by atoms with E-state index in [9.17, 15) is 0 Å². The lowest BCUT2D eigenvalue weighted by molar-refractivity contribution is 0.0665. The molecule has 0 aliphatic heterocycles. The molecule has 6 nitrogen and oxygen atoms in total. The highest BCUT2D eigenvalue weighted by molar-refractivity contribution is 5.55. The van der Waals surface area contributed by atoms with Crippen LogP contribution in [0.3, 0.4) is 0 Å². The highest BCUT2D eigenvalue weighted by atomic mass is 16.5. The van der Waals surface area contributed by atoms with E-state index in [0.717, 1.165) is 11.3 Å². The van der Waals surface area contributed by atoms with Crippen LogP contribution in [-0.2, 0) is 4.74 Å². The quantitative estimate of drug-likeness (QED) is 0.885. The summed E-state index contributed by atoms with van der Waals surface area (Å²) in [6.07, 6.45) is 1.84. The third-order valence-electron chi connectivity index (χ3n) is 2.62. The Balaban J connectivity index is 2.13. The zero-order chi connectivity index (χ0) is 13.8. The minimum absolute atomic E-state index is 0.123. The van der Waals surface area contributed by atoms with E-state index in [-0.39, 0.29) is 6.10 Å². The van der Waals surface area contributed by atoms with E-state index in [1.54, 1.807) is 6.20 Å². The van der Waals surface area contributed by atoms with Gasteiger partial charge in [0.05, 0.1) is 24.3 Å². The lowest BCUT2D eigenvalue weighted by atomic mass is 10.2. The van der Waals surface area contributed by atoms with Gasteiger partial charge in [-0.1, -0.05) is 5.16 Å². The van der Waals surface area contributed by atoms with Crippen LogP contribution in [0.2, 0.25) is 0 Å². The summed E-state index contributed by atoms with van der Waals surface area (Å²) in [4.78, 5) is 8.48. The number of pyridine rings is 1. The summed E-state index contributed by atoms with van der Waals surface area (Å²) in [6.45, 7) is 6.16. The van der Waals surface area contributed by atoms with Gasteiger partial charge in [0.1, 0.15) is 0 Å². The summed E-state index contributed by atoms with van der Waals surface area (Å²) in [5, 5.41) is 3.89. The second-order valence-corrected chi connectivity index (χ2v) is 4.58. The topological polar surface area (TPSA) is 87.1 Å². The van der Waals surface area contributed by atoms with E-state index in [2.05, 4.69) is 15.1 Å². The Morgan fingerprint density at radius 3 is 2.89 bits per heavy atom. The standard InChI is InChI=1S/C13H18N4O2/c1-8(2)18-7-11(14)12-16-13(19-17-12)10-5-4-6-15-9(10)3/h4-6,8,11H,7,14H2,1-3H3. The molecule has 2 N–H and O–H groups in total. The van der Waals surface area contributed by atoms with Crippen molar-refractivity contribution in [2.24, 2.45) is 5.73 Å². The monoisotopic (exact) mass is 262 g/mol. The third kappa shape index (κ3) is 3.36. The molecule has 102 valence electrons. The van der Waals surface area contributed by atoms with Crippen molar-refractivity contribution in [1.82, 2.24) is 15.1 Å². The van der Waals surface area contributed by atoms with Crippen molar-refractivity contribution in [1.29, 1.82) is 0 Å². The molecule has 0 bridgehead atoms. The summed E-state index contributed by atoms with van der Waals surface area (Å²) in [5.74, 6) is 0.875. The number of rotatable bonds is 5. The van der Waals surface area contributed by atoms with Crippen LogP contribution in [0.15, 0.2) is 22.9 Å². The first-order valence-electron chi connectivity index (χ1n) is 6.20. The summed E-state index contributed by atoms with van der Waals surface area (Å²) in [6, 6.07) is 3.32. The second-order valence-electron chi connectivity index (χ2n) is 4.58. The molecule has 0 fully saturated rings. The smallest absolute Gasteiger partial charge is 0.259 e. The summed E-state index contributed by atoms with van der Waals surface area (Å²) in [5.41, 5.74) is 7.60. The molecule has 0 aromatic carbocycles. The van der Waals surface area contributed by atoms with Gasteiger partial charge in [0.25, 0.3) is 5.89 Å². The number of nitrogens with two attached hydrogens (primary N) is 1. The lowest BCUT2D eigenvalue weighted by Gasteiger charge is -2.10. The molecule has 0 aliphatic carbocycles. The van der Waals surface area contributed by atoms with E-state index in [1.807, 2.05) is 32.9 Å². The first kappa shape index (κ1) is 13.6. The van der Waals surface area contributed by atoms with Crippen molar-refractivity contribution in [3.63, 3.8) is 0 Å². The Labute approximate surface area is 112 Å². The SMILES string of the molecule is Cc1ncccc1-c1nc(C(N)COC(C)C)no1. The van der Waals surface area contributed by atoms with Gasteiger partial charge in [-0.2, -0.15) is 4.98 Å². The third-order valence-corrected chi connectivity index (χ3v) is 2.62. The van der Waals surface area contributed by atoms with Crippen LogP contribution in [0, 0.1) is 6.92 Å². The Hall–Kier alpha value is -1.79. The maximum absolute atomic E-state index is 5.95. The van der Waals surface area contributed by atoms with E-state index < -0.39 is 6.04 Å². The molecular formula is C13H18N4O2. The molecule has 19 heavy (non-hydrogen) atoms. The van der Waals surface area contributed by atoms with Crippen LogP contribution >= 0.6 is 0 Å². The molecule has 2 aromatic heterocycles. The molecule has 1 atom stereocenters. The van der Waals surface area contributed by atoms with Crippen LogP contribution < -0.4 is 5.73 Å². The summed E-state index contributed by atoms with van der Waals surface area (Å²) >= 11 is 0. The second kappa shape index (κ2) is 5.90. The van der Waals surface area contributed by atoms with Gasteiger partial charge in [-0.3, -0.25) is 4.98 Å². The van der Waals surface area contributed by atoms with Crippen molar-refractivity contribution in [2.75, 3.05) is 6.61 Å². The van der Waals surface area contributed by atoms with E-state index >= 15 is 0 Å². The molecule has 0 saturated heterocycles. The maximum Gasteiger partial charge on any atom is 0.259 e. The van der Waals surface area contributed by atoms with Gasteiger partial charge in [-0.15, -0.1) is 0 Å². The molecule has 0 saturated carbocycles. The van der Waals surface area contributed by atoms with Gasteiger partial charge in [0.2, 0.25) is 0 Å². The van der Waals surface area contributed by atoms with Crippen molar-refractivity contribution >= 4 is 0 Å². The Morgan fingerprint density at radius 1 is 1.42 bits per heavy atom. The van der Waals surface area contributed by atoms with Gasteiger partial charge < -0.3 is 15.0 Å². The molecule has 0 amide bonds. The zero-order valence-electron chi connectivity index (χ0n) is 11.3. The molecule has 0 aliphatic rings. The van der Waals surface area contributed by atoms with Gasteiger partial charge in [0, 0.05) is 11.9 Å². The molecule has 0 spiro atoms. The minimum Gasteiger partial charge on any atom is -0.377 e. The Bertz CT molecular complexity index is 539. The van der Waals surface area contributed by atoms with Gasteiger partial charge in [-0.05, 0) is 32.9 Å². The Morgan fingerprint density at radius 2 is 2.21 bits per heavy atom. The lowest BCUT2D eigenvalue weighted by Crippen LogP contribution is -2.20. The summed E-state index contributed by atoms with van der Waals surface area (Å²) < 4.78 is 10.7. The molecular weight excluding hydrogens is 244 g/mol. The molecule has 2 rings (SSSR count). The molecule has 6 heteroatoms. The normalized spacial score (nSPS) is 12.9. The maximum atomic E-state index is 5.95. The fourth-order valence-electron chi connectivity index (χ4n) is 1.58. The number of hydrogen-bond donors (Lipinski definition) is 1. The first-order chi connectivity index (χ1) is 9.08. The van der Waals surface area contributed by atoms with Crippen LogP contribution in [0.1, 0.15) is 31.4 Å². The molecule has 2 aromatic rings. The largest absolute Gasteiger partial charge is 0.377 e. The number of hydrogen-bond acceptors (Lipinski definition) is 6. The average molecular weight is 262 g/mol. The van der Waals surface area contributed by atoms with Crippen molar-refractivity contribution in [3.05, 3.63) is 29.8 Å². The Kier molecular flexibility index (Phi) is 4.24. The fraction of sp³-hybridized carbons (Fsp3) is 0.462. The minimum atomic E-state index is -0.392. The predicted molar refractivity (Wildman–Crippen MR) is 70.3 cm³/mol. The van der Waals surface area contributed by atoms with Crippen LogP contribution in [0.4, 0.5) is 0 Å². The van der Waals surface area contributed by atoms with Crippen LogP contribution in [0.25, 0.3) is 11.5 Å². The molecule has 0 radical (unpaired) electrons. The number of aromatic nitrogens is 3. The van der Waals surface area contributed by atoms with Crippen molar-refractivity contribution in [2.45, 2.75) is 32.9 Å². The van der Waals surface area contributed by atoms with Crippen molar-refractivity contribution in [3.8, 4) is 11.5 Å². The first-order valence-corrected chi connectivity index (χ1v) is 6.20. The van der Waals surface area contributed by atoms with Crippen LogP contribution in [0.5, 0.6) is 0 Å². The highest BCUT2D eigenvalue weighted by Crippen LogP contribution is 2.20. The zero-order valence-corrected chi connectivity index (χ0v) is 11.3. The number of nitrogens with zero attached hydrogens (tertiary/aromatic N) is 3. The molecule has 1 unspecified atom stereocenters.